The van der Waals surface area contributed by atoms with Crippen molar-refractivity contribution in [3.8, 4) is 0 Å². The Labute approximate surface area is 124 Å². The fraction of sp³-hybridized carbons (Fsp3) is 0.294. The van der Waals surface area contributed by atoms with E-state index in [1.807, 2.05) is 42.5 Å². The highest BCUT2D eigenvalue weighted by Crippen LogP contribution is 2.22. The van der Waals surface area contributed by atoms with Crippen LogP contribution in [0, 0.1) is 0 Å². The molecule has 0 fully saturated rings. The van der Waals surface area contributed by atoms with E-state index in [0.29, 0.717) is 5.56 Å². The summed E-state index contributed by atoms with van der Waals surface area (Å²) >= 11 is 0. The average Bonchev–Trinajstić information content (AvgIpc) is 2.54. The van der Waals surface area contributed by atoms with Crippen LogP contribution in [0.4, 0.5) is 0 Å². The maximum atomic E-state index is 10.4. The van der Waals surface area contributed by atoms with E-state index in [4.69, 9.17) is 9.22 Å². The van der Waals surface area contributed by atoms with Crippen molar-refractivity contribution in [2.45, 2.75) is 12.6 Å². The van der Waals surface area contributed by atoms with Crippen molar-refractivity contribution in [3.05, 3.63) is 71.3 Å². The summed E-state index contributed by atoms with van der Waals surface area (Å²) in [4.78, 5) is 1.24. The maximum Gasteiger partial charge on any atom is 0.104 e. The fourth-order valence-corrected chi connectivity index (χ4v) is 2.11. The standard InChI is InChI=1S/C17H21NO2/c1-18(10-11-19)13-14-6-5-9-16(12-14)17(20)15-7-3-2-4-8-15/h2-9,12,17,19-20H,10-11,13H2,1H3/i1D3. The summed E-state index contributed by atoms with van der Waals surface area (Å²) in [5.74, 6) is 0. The summed E-state index contributed by atoms with van der Waals surface area (Å²) in [5.41, 5.74) is 2.28. The molecule has 0 spiro atoms. The molecule has 0 aromatic heterocycles. The monoisotopic (exact) mass is 274 g/mol. The van der Waals surface area contributed by atoms with Gasteiger partial charge in [-0.3, -0.25) is 4.90 Å². The molecule has 0 aliphatic rings. The molecular weight excluding hydrogens is 250 g/mol. The molecular formula is C17H21NO2. The molecule has 0 saturated heterocycles. The molecule has 106 valence electrons. The molecule has 0 aliphatic carbocycles. The van der Waals surface area contributed by atoms with E-state index in [-0.39, 0.29) is 19.7 Å². The van der Waals surface area contributed by atoms with Crippen molar-refractivity contribution >= 4 is 0 Å². The SMILES string of the molecule is [2H]C([2H])([2H])N(CCO)Cc1cccc(C(O)c2ccccc2)c1. The lowest BCUT2D eigenvalue weighted by Crippen LogP contribution is -2.21. The summed E-state index contributed by atoms with van der Waals surface area (Å²) < 4.78 is 22.5. The van der Waals surface area contributed by atoms with Crippen molar-refractivity contribution in [3.63, 3.8) is 0 Å². The second-order valence-corrected chi connectivity index (χ2v) is 4.70. The Kier molecular flexibility index (Phi) is 3.97. The van der Waals surface area contributed by atoms with Gasteiger partial charge in [-0.2, -0.15) is 0 Å². The Morgan fingerprint density at radius 1 is 1.10 bits per heavy atom. The van der Waals surface area contributed by atoms with Crippen LogP contribution in [0.15, 0.2) is 54.6 Å². The van der Waals surface area contributed by atoms with Crippen molar-refractivity contribution in [1.29, 1.82) is 0 Å². The van der Waals surface area contributed by atoms with E-state index in [9.17, 15) is 5.11 Å². The largest absolute Gasteiger partial charge is 0.395 e. The molecule has 0 saturated carbocycles. The number of hydrogen-bond acceptors (Lipinski definition) is 3. The van der Waals surface area contributed by atoms with Crippen LogP contribution in [0.25, 0.3) is 0 Å². The Balaban J connectivity index is 2.19. The zero-order valence-electron chi connectivity index (χ0n) is 14.2. The first kappa shape index (κ1) is 11.0. The molecule has 2 N–H and O–H groups in total. The van der Waals surface area contributed by atoms with Crippen molar-refractivity contribution in [2.75, 3.05) is 20.1 Å². The normalized spacial score (nSPS) is 15.4. The minimum atomic E-state index is -2.27. The summed E-state index contributed by atoms with van der Waals surface area (Å²) in [5, 5.41) is 19.5. The summed E-state index contributed by atoms with van der Waals surface area (Å²) in [6.45, 7) is -2.23. The minimum absolute atomic E-state index is 0.0714. The van der Waals surface area contributed by atoms with E-state index >= 15 is 0 Å². The van der Waals surface area contributed by atoms with Gasteiger partial charge in [-0.15, -0.1) is 0 Å². The Hall–Kier alpha value is -1.68. The number of hydrogen-bond donors (Lipinski definition) is 2. The molecule has 0 amide bonds. The third kappa shape index (κ3) is 3.90. The van der Waals surface area contributed by atoms with Gasteiger partial charge in [0.2, 0.25) is 0 Å². The van der Waals surface area contributed by atoms with E-state index in [2.05, 4.69) is 0 Å². The van der Waals surface area contributed by atoms with Crippen LogP contribution in [-0.4, -0.2) is 35.2 Å². The highest BCUT2D eigenvalue weighted by atomic mass is 16.3. The molecule has 1 atom stereocenters. The van der Waals surface area contributed by atoms with Crippen LogP contribution in [-0.2, 0) is 6.54 Å². The molecule has 3 heteroatoms. The van der Waals surface area contributed by atoms with Crippen LogP contribution < -0.4 is 0 Å². The van der Waals surface area contributed by atoms with Crippen LogP contribution >= 0.6 is 0 Å². The van der Waals surface area contributed by atoms with Gasteiger partial charge < -0.3 is 10.2 Å². The molecule has 2 rings (SSSR count). The number of rotatable bonds is 6. The topological polar surface area (TPSA) is 43.7 Å². The summed E-state index contributed by atoms with van der Waals surface area (Å²) in [6.07, 6.45) is -0.754. The lowest BCUT2D eigenvalue weighted by molar-refractivity contribution is 0.214. The molecule has 0 radical (unpaired) electrons. The number of likely N-dealkylation sites (N-methyl/N-ethyl adjacent to an activating group) is 1. The molecule has 2 aromatic carbocycles. The highest BCUT2D eigenvalue weighted by molar-refractivity contribution is 5.32. The van der Waals surface area contributed by atoms with Crippen LogP contribution in [0.1, 0.15) is 26.9 Å². The quantitative estimate of drug-likeness (QED) is 0.848. The Morgan fingerprint density at radius 2 is 1.85 bits per heavy atom. The van der Waals surface area contributed by atoms with Gasteiger partial charge in [-0.1, -0.05) is 54.6 Å². The molecule has 20 heavy (non-hydrogen) atoms. The number of aliphatic hydroxyl groups excluding tert-OH is 2. The van der Waals surface area contributed by atoms with Gasteiger partial charge in [0.05, 0.1) is 6.61 Å². The molecule has 0 bridgehead atoms. The van der Waals surface area contributed by atoms with Crippen molar-refractivity contribution in [1.82, 2.24) is 4.90 Å². The lowest BCUT2D eigenvalue weighted by atomic mass is 10.00. The predicted molar refractivity (Wildman–Crippen MR) is 80.4 cm³/mol. The van der Waals surface area contributed by atoms with E-state index in [1.165, 1.54) is 4.90 Å². The number of benzene rings is 2. The zero-order chi connectivity index (χ0) is 16.9. The van der Waals surface area contributed by atoms with E-state index in [0.717, 1.165) is 11.1 Å². The fourth-order valence-electron chi connectivity index (χ4n) is 2.11. The average molecular weight is 274 g/mol. The Morgan fingerprint density at radius 3 is 2.55 bits per heavy atom. The zero-order valence-corrected chi connectivity index (χ0v) is 11.2. The van der Waals surface area contributed by atoms with E-state index < -0.39 is 13.1 Å². The maximum absolute atomic E-state index is 10.4. The van der Waals surface area contributed by atoms with Crippen LogP contribution in [0.2, 0.25) is 0 Å². The summed E-state index contributed by atoms with van der Waals surface area (Å²) in [6, 6.07) is 16.5. The second-order valence-electron chi connectivity index (χ2n) is 4.70. The van der Waals surface area contributed by atoms with Crippen molar-refractivity contribution < 1.29 is 14.3 Å². The van der Waals surface area contributed by atoms with Gasteiger partial charge in [-0.25, -0.2) is 0 Å². The van der Waals surface area contributed by atoms with Crippen molar-refractivity contribution in [2.24, 2.45) is 0 Å². The first-order chi connectivity index (χ1) is 10.9. The van der Waals surface area contributed by atoms with Gasteiger partial charge >= 0.3 is 0 Å². The van der Waals surface area contributed by atoms with Gasteiger partial charge in [0.25, 0.3) is 0 Å². The number of nitrogens with zero attached hydrogens (tertiary/aromatic N) is 1. The van der Waals surface area contributed by atoms with Gasteiger partial charge in [0, 0.05) is 17.2 Å². The van der Waals surface area contributed by atoms with Gasteiger partial charge in [-0.05, 0) is 23.7 Å². The van der Waals surface area contributed by atoms with Crippen LogP contribution in [0.3, 0.4) is 0 Å². The van der Waals surface area contributed by atoms with Gasteiger partial charge in [0.15, 0.2) is 0 Å². The molecule has 0 heterocycles. The van der Waals surface area contributed by atoms with Crippen LogP contribution in [0.5, 0.6) is 0 Å². The minimum Gasteiger partial charge on any atom is -0.395 e. The molecule has 1 unspecified atom stereocenters. The molecule has 3 nitrogen and oxygen atoms in total. The first-order valence-corrected chi connectivity index (χ1v) is 6.59. The highest BCUT2D eigenvalue weighted by Gasteiger charge is 2.10. The Bertz CT molecular complexity index is 617. The van der Waals surface area contributed by atoms with Gasteiger partial charge in [0.1, 0.15) is 6.10 Å². The lowest BCUT2D eigenvalue weighted by Gasteiger charge is -2.17. The third-order valence-electron chi connectivity index (χ3n) is 3.13. The molecule has 0 aliphatic heterocycles. The second kappa shape index (κ2) is 7.20. The van der Waals surface area contributed by atoms with E-state index in [1.54, 1.807) is 12.1 Å². The first-order valence-electron chi connectivity index (χ1n) is 8.09. The third-order valence-corrected chi connectivity index (χ3v) is 3.13. The summed E-state index contributed by atoms with van der Waals surface area (Å²) in [7, 11) is 0. The number of aliphatic hydroxyl groups is 2. The molecule has 2 aromatic rings. The predicted octanol–water partition coefficient (Wildman–Crippen LogP) is 2.19. The smallest absolute Gasteiger partial charge is 0.104 e.